The van der Waals surface area contributed by atoms with Crippen LogP contribution in [0, 0.1) is 0 Å². The van der Waals surface area contributed by atoms with Gasteiger partial charge in [0.25, 0.3) is 0 Å². The van der Waals surface area contributed by atoms with Gasteiger partial charge >= 0.3 is 11.2 Å². The topological polar surface area (TPSA) is 88.1 Å². The summed E-state index contributed by atoms with van der Waals surface area (Å²) in [7, 11) is 0. The standard InChI is InChI=1S/C5H8F2O6S/c6-5(7,14-13-12-10)4(9)11-3-1-2-8/h8,10H,1-3H2/p-1. The Morgan fingerprint density at radius 3 is 2.71 bits per heavy atom. The zero-order valence-corrected chi connectivity index (χ0v) is 7.59. The minimum absolute atomic E-state index is 0.0470. The van der Waals surface area contributed by atoms with E-state index in [2.05, 4.69) is 14.1 Å². The Morgan fingerprint density at radius 1 is 1.57 bits per heavy atom. The van der Waals surface area contributed by atoms with Crippen molar-refractivity contribution in [1.29, 1.82) is 0 Å². The van der Waals surface area contributed by atoms with Gasteiger partial charge < -0.3 is 15.1 Å². The highest BCUT2D eigenvalue weighted by atomic mass is 32.2. The van der Waals surface area contributed by atoms with E-state index in [4.69, 9.17) is 5.11 Å². The predicted octanol–water partition coefficient (Wildman–Crippen LogP) is -0.623. The van der Waals surface area contributed by atoms with Crippen LogP contribution >= 0.6 is 12.0 Å². The maximum atomic E-state index is 12.5. The fraction of sp³-hybridized carbons (Fsp3) is 0.800. The van der Waals surface area contributed by atoms with Gasteiger partial charge in [-0.25, -0.2) is 4.79 Å². The van der Waals surface area contributed by atoms with E-state index in [1.807, 2.05) is 0 Å². The molecule has 0 aromatic rings. The van der Waals surface area contributed by atoms with Gasteiger partial charge in [0.05, 0.1) is 6.61 Å². The summed E-state index contributed by atoms with van der Waals surface area (Å²) in [5.41, 5.74) is 0. The van der Waals surface area contributed by atoms with Crippen LogP contribution in [0.2, 0.25) is 0 Å². The molecule has 9 heteroatoms. The lowest BCUT2D eigenvalue weighted by Gasteiger charge is -2.13. The first-order valence-corrected chi connectivity index (χ1v) is 4.09. The number of halogens is 2. The number of esters is 1. The van der Waals surface area contributed by atoms with E-state index in [0.717, 1.165) is 0 Å². The molecule has 14 heavy (non-hydrogen) atoms. The van der Waals surface area contributed by atoms with Crippen LogP contribution in [0.15, 0.2) is 0 Å². The Balaban J connectivity index is 3.82. The summed E-state index contributed by atoms with van der Waals surface area (Å²) in [6.07, 6.45) is 0.0470. The molecule has 0 rings (SSSR count). The van der Waals surface area contributed by atoms with Crippen molar-refractivity contribution in [1.82, 2.24) is 0 Å². The molecule has 0 spiro atoms. The van der Waals surface area contributed by atoms with Gasteiger partial charge in [-0.15, -0.1) is 0 Å². The Hall–Kier alpha value is -0.480. The Morgan fingerprint density at radius 2 is 2.21 bits per heavy atom. The minimum Gasteiger partial charge on any atom is -0.691 e. The average Bonchev–Trinajstić information content (AvgIpc) is 2.15. The Kier molecular flexibility index (Phi) is 6.66. The van der Waals surface area contributed by atoms with Gasteiger partial charge in [0.2, 0.25) is 0 Å². The summed E-state index contributed by atoms with van der Waals surface area (Å²) in [6.45, 7) is -0.629. The van der Waals surface area contributed by atoms with Crippen molar-refractivity contribution in [2.24, 2.45) is 0 Å². The Labute approximate surface area is 81.8 Å². The number of carbonyl (C=O) groups is 1. The van der Waals surface area contributed by atoms with E-state index in [1.54, 1.807) is 0 Å². The number of alkyl halides is 2. The molecule has 0 unspecified atom stereocenters. The molecule has 0 aromatic heterocycles. The van der Waals surface area contributed by atoms with Gasteiger partial charge in [-0.3, -0.25) is 5.04 Å². The van der Waals surface area contributed by atoms with Crippen LogP contribution in [-0.2, 0) is 18.9 Å². The van der Waals surface area contributed by atoms with Gasteiger partial charge in [-0.1, -0.05) is 0 Å². The number of hydrogen-bond donors (Lipinski definition) is 1. The van der Waals surface area contributed by atoms with Crippen molar-refractivity contribution in [3.63, 3.8) is 0 Å². The molecular weight excluding hydrogens is 226 g/mol. The van der Waals surface area contributed by atoms with Crippen molar-refractivity contribution < 1.29 is 38.0 Å². The molecular formula is C5H7F2O6S-. The summed E-state index contributed by atoms with van der Waals surface area (Å²) in [5, 5.41) is 16.1. The van der Waals surface area contributed by atoms with E-state index in [9.17, 15) is 18.8 Å². The summed E-state index contributed by atoms with van der Waals surface area (Å²) >= 11 is -0.760. The average molecular weight is 233 g/mol. The highest BCUT2D eigenvalue weighted by Crippen LogP contribution is 2.30. The summed E-state index contributed by atoms with van der Waals surface area (Å²) in [6, 6.07) is 0. The van der Waals surface area contributed by atoms with Crippen molar-refractivity contribution in [3.05, 3.63) is 0 Å². The van der Waals surface area contributed by atoms with Gasteiger partial charge in [0.1, 0.15) is 12.0 Å². The van der Waals surface area contributed by atoms with Gasteiger partial charge in [0, 0.05) is 13.0 Å². The molecule has 0 bridgehead atoms. The number of aliphatic hydroxyl groups excluding tert-OH is 1. The maximum Gasteiger partial charge on any atom is 0.415 e. The van der Waals surface area contributed by atoms with E-state index in [0.29, 0.717) is 0 Å². The molecule has 6 nitrogen and oxygen atoms in total. The molecule has 84 valence electrons. The van der Waals surface area contributed by atoms with Crippen LogP contribution in [-0.4, -0.2) is 29.5 Å². The fourth-order valence-electron chi connectivity index (χ4n) is 0.404. The number of hydrogen-bond acceptors (Lipinski definition) is 7. The van der Waals surface area contributed by atoms with Crippen molar-refractivity contribution in [2.75, 3.05) is 13.2 Å². The van der Waals surface area contributed by atoms with Gasteiger partial charge in [-0.2, -0.15) is 13.1 Å². The molecule has 0 saturated heterocycles. The van der Waals surface area contributed by atoms with Crippen LogP contribution in [0.5, 0.6) is 0 Å². The molecule has 0 aliphatic heterocycles. The normalized spacial score (nSPS) is 11.4. The SMILES string of the molecule is O=C(OCCCO)C(F)(F)SOO[O-]. The van der Waals surface area contributed by atoms with Crippen LogP contribution in [0.25, 0.3) is 0 Å². The molecule has 0 fully saturated rings. The fourth-order valence-corrected chi connectivity index (χ4v) is 0.644. The van der Waals surface area contributed by atoms with E-state index in [1.165, 1.54) is 0 Å². The molecule has 0 saturated carbocycles. The summed E-state index contributed by atoms with van der Waals surface area (Å²) < 4.78 is 32.4. The highest BCUT2D eigenvalue weighted by molar-refractivity contribution is 7.96. The second-order valence-corrected chi connectivity index (χ2v) is 2.76. The third kappa shape index (κ3) is 5.29. The van der Waals surface area contributed by atoms with Crippen LogP contribution in [0.1, 0.15) is 6.42 Å². The molecule has 0 aliphatic rings. The minimum atomic E-state index is -4.01. The van der Waals surface area contributed by atoms with Gasteiger partial charge in [0.15, 0.2) is 0 Å². The smallest absolute Gasteiger partial charge is 0.415 e. The molecule has 0 amide bonds. The Bertz CT molecular complexity index is 178. The summed E-state index contributed by atoms with van der Waals surface area (Å²) in [4.78, 5) is 10.5. The van der Waals surface area contributed by atoms with Crippen molar-refractivity contribution in [2.45, 2.75) is 11.7 Å². The van der Waals surface area contributed by atoms with Crippen molar-refractivity contribution >= 4 is 18.0 Å². The molecule has 0 heterocycles. The van der Waals surface area contributed by atoms with Crippen molar-refractivity contribution in [3.8, 4) is 0 Å². The van der Waals surface area contributed by atoms with E-state index < -0.39 is 23.3 Å². The lowest BCUT2D eigenvalue weighted by molar-refractivity contribution is -0.777. The zero-order chi connectivity index (χ0) is 11.0. The number of carbonyl (C=O) groups excluding carboxylic acids is 1. The molecule has 0 aromatic carbocycles. The van der Waals surface area contributed by atoms with E-state index >= 15 is 0 Å². The second kappa shape index (κ2) is 6.90. The van der Waals surface area contributed by atoms with Crippen LogP contribution in [0.3, 0.4) is 0 Å². The van der Waals surface area contributed by atoms with E-state index in [-0.39, 0.29) is 19.6 Å². The number of rotatable bonds is 7. The first kappa shape index (κ1) is 13.5. The third-order valence-electron chi connectivity index (χ3n) is 0.940. The lowest BCUT2D eigenvalue weighted by atomic mass is 10.5. The highest BCUT2D eigenvalue weighted by Gasteiger charge is 2.43. The molecule has 0 atom stereocenters. The molecule has 1 N–H and O–H groups in total. The molecule has 0 radical (unpaired) electrons. The summed E-state index contributed by atoms with van der Waals surface area (Å²) in [5.74, 6) is -1.87. The number of ether oxygens (including phenoxy) is 1. The number of aliphatic hydroxyl groups is 1. The first-order chi connectivity index (χ1) is 6.54. The maximum absolute atomic E-state index is 12.5. The third-order valence-corrected chi connectivity index (χ3v) is 1.44. The largest absolute Gasteiger partial charge is 0.691 e. The quantitative estimate of drug-likeness (QED) is 0.206. The lowest BCUT2D eigenvalue weighted by Crippen LogP contribution is -2.28. The molecule has 0 aliphatic carbocycles. The zero-order valence-electron chi connectivity index (χ0n) is 6.77. The van der Waals surface area contributed by atoms with Gasteiger partial charge in [-0.05, 0) is 0 Å². The first-order valence-electron chi connectivity index (χ1n) is 3.35. The van der Waals surface area contributed by atoms with Crippen LogP contribution in [0.4, 0.5) is 8.78 Å². The second-order valence-electron chi connectivity index (χ2n) is 1.95. The van der Waals surface area contributed by atoms with Crippen LogP contribution < -0.4 is 5.26 Å². The predicted molar refractivity (Wildman–Crippen MR) is 37.4 cm³/mol. The monoisotopic (exact) mass is 233 g/mol.